The number of likely N-dealkylation sites (tertiary alicyclic amines) is 1. The second-order valence-electron chi connectivity index (χ2n) is 8.79. The van der Waals surface area contributed by atoms with Gasteiger partial charge in [0.15, 0.2) is 0 Å². The number of hydrogen-bond donors (Lipinski definition) is 0. The Kier molecular flexibility index (Phi) is 6.28. The van der Waals surface area contributed by atoms with E-state index in [0.29, 0.717) is 40.2 Å². The fraction of sp³-hybridized carbons (Fsp3) is 0.522. The Hall–Kier alpha value is -1.73. The van der Waals surface area contributed by atoms with E-state index in [9.17, 15) is 9.59 Å². The quantitative estimate of drug-likeness (QED) is 0.665. The lowest BCUT2D eigenvalue weighted by Gasteiger charge is -2.41. The predicted octanol–water partition coefficient (Wildman–Crippen LogP) is 3.80. The predicted molar refractivity (Wildman–Crippen MR) is 122 cm³/mol. The maximum absolute atomic E-state index is 13.5. The van der Waals surface area contributed by atoms with Gasteiger partial charge in [-0.2, -0.15) is 0 Å². The highest BCUT2D eigenvalue weighted by molar-refractivity contribution is 6.37. The first-order valence-electron chi connectivity index (χ1n) is 10.5. The van der Waals surface area contributed by atoms with Gasteiger partial charge in [-0.25, -0.2) is 4.99 Å². The molecule has 1 aromatic rings. The van der Waals surface area contributed by atoms with Crippen LogP contribution in [0.4, 0.5) is 0 Å². The number of amides is 2. The van der Waals surface area contributed by atoms with Gasteiger partial charge < -0.3 is 14.5 Å². The summed E-state index contributed by atoms with van der Waals surface area (Å²) >= 11 is 13.4. The third-order valence-corrected chi connectivity index (χ3v) is 7.28. The first kappa shape index (κ1) is 22.5. The van der Waals surface area contributed by atoms with Gasteiger partial charge in [0.2, 0.25) is 0 Å². The summed E-state index contributed by atoms with van der Waals surface area (Å²) < 4.78 is 5.78. The van der Waals surface area contributed by atoms with Crippen LogP contribution in [-0.2, 0) is 16.0 Å². The molecule has 3 heterocycles. The van der Waals surface area contributed by atoms with Crippen molar-refractivity contribution in [2.24, 2.45) is 16.8 Å². The number of fused-ring (bicyclic) bond motifs is 1. The normalized spacial score (nSPS) is 23.3. The molecule has 0 spiro atoms. The van der Waals surface area contributed by atoms with Crippen molar-refractivity contribution in [1.82, 2.24) is 9.80 Å². The second kappa shape index (κ2) is 8.66. The lowest BCUT2D eigenvalue weighted by molar-refractivity contribution is -0.120. The Labute approximate surface area is 192 Å². The van der Waals surface area contributed by atoms with Crippen LogP contribution >= 0.6 is 23.2 Å². The number of rotatable bonds is 5. The first-order chi connectivity index (χ1) is 14.7. The van der Waals surface area contributed by atoms with Gasteiger partial charge in [0, 0.05) is 55.5 Å². The average Bonchev–Trinajstić information content (AvgIpc) is 2.68. The second-order valence-corrected chi connectivity index (χ2v) is 9.57. The summed E-state index contributed by atoms with van der Waals surface area (Å²) in [4.78, 5) is 33.9. The minimum absolute atomic E-state index is 0.192. The number of benzene rings is 1. The number of aliphatic imine (C=N–C) groups is 1. The van der Waals surface area contributed by atoms with Gasteiger partial charge in [-0.15, -0.1) is 0 Å². The molecule has 1 fully saturated rings. The van der Waals surface area contributed by atoms with E-state index in [2.05, 4.69) is 16.9 Å². The van der Waals surface area contributed by atoms with Gasteiger partial charge in [-0.1, -0.05) is 28.8 Å². The standard InChI is InChI=1S/C23H27Cl2N3O3/c1-12-7-13(2)26-22(29)17(12)11-28-6-5-15-18(24)8-16(20(25)19(15)23(28)30)21(31-4)14-9-27(3)10-14/h7-8,14,17,21H,5-6,9-11H2,1-4H3. The van der Waals surface area contributed by atoms with Crippen molar-refractivity contribution >= 4 is 40.7 Å². The topological polar surface area (TPSA) is 62.2 Å². The van der Waals surface area contributed by atoms with Crippen molar-refractivity contribution < 1.29 is 14.3 Å². The van der Waals surface area contributed by atoms with Gasteiger partial charge in [-0.05, 0) is 45.0 Å². The Bertz CT molecular complexity index is 998. The molecule has 1 saturated heterocycles. The van der Waals surface area contributed by atoms with Gasteiger partial charge in [-0.3, -0.25) is 9.59 Å². The molecule has 166 valence electrons. The summed E-state index contributed by atoms with van der Waals surface area (Å²) in [6, 6.07) is 1.85. The lowest BCUT2D eigenvalue weighted by Crippen LogP contribution is -2.47. The summed E-state index contributed by atoms with van der Waals surface area (Å²) in [7, 11) is 3.72. The SMILES string of the molecule is COC(c1cc(Cl)c2c(c1Cl)C(=O)N(CC1C(=O)N=C(C)C=C1C)CC2)C1CN(C)C1. The van der Waals surface area contributed by atoms with E-state index < -0.39 is 5.92 Å². The molecular weight excluding hydrogens is 437 g/mol. The highest BCUT2D eigenvalue weighted by atomic mass is 35.5. The molecule has 6 nitrogen and oxygen atoms in total. The van der Waals surface area contributed by atoms with Gasteiger partial charge in [0.1, 0.15) is 0 Å². The molecule has 0 bridgehead atoms. The van der Waals surface area contributed by atoms with E-state index in [0.717, 1.165) is 29.8 Å². The third kappa shape index (κ3) is 4.07. The monoisotopic (exact) mass is 463 g/mol. The molecule has 0 saturated carbocycles. The van der Waals surface area contributed by atoms with Crippen molar-refractivity contribution in [3.05, 3.63) is 44.5 Å². The molecule has 0 aliphatic carbocycles. The minimum Gasteiger partial charge on any atom is -0.376 e. The maximum atomic E-state index is 13.5. The van der Waals surface area contributed by atoms with E-state index in [-0.39, 0.29) is 24.5 Å². The van der Waals surface area contributed by atoms with E-state index in [1.165, 1.54) is 0 Å². The summed E-state index contributed by atoms with van der Waals surface area (Å²) in [6.07, 6.45) is 2.27. The van der Waals surface area contributed by atoms with Crippen LogP contribution in [0.5, 0.6) is 0 Å². The molecule has 1 aromatic carbocycles. The van der Waals surface area contributed by atoms with Crippen molar-refractivity contribution in [1.29, 1.82) is 0 Å². The van der Waals surface area contributed by atoms with Crippen LogP contribution in [0.15, 0.2) is 22.7 Å². The number of hydrogen-bond acceptors (Lipinski definition) is 4. The van der Waals surface area contributed by atoms with E-state index in [1.807, 2.05) is 19.1 Å². The molecule has 0 aromatic heterocycles. The maximum Gasteiger partial charge on any atom is 0.255 e. The van der Waals surface area contributed by atoms with E-state index in [4.69, 9.17) is 27.9 Å². The van der Waals surface area contributed by atoms with Gasteiger partial charge in [0.25, 0.3) is 11.8 Å². The Morgan fingerprint density at radius 1 is 1.26 bits per heavy atom. The van der Waals surface area contributed by atoms with Crippen LogP contribution in [0, 0.1) is 11.8 Å². The number of ether oxygens (including phenoxy) is 1. The summed E-state index contributed by atoms with van der Waals surface area (Å²) in [5, 5.41) is 0.953. The fourth-order valence-corrected chi connectivity index (χ4v) is 5.57. The molecule has 2 unspecified atom stereocenters. The zero-order valence-corrected chi connectivity index (χ0v) is 19.8. The number of halogens is 2. The summed E-state index contributed by atoms with van der Waals surface area (Å²) in [6.45, 7) is 6.29. The molecule has 0 N–H and O–H groups in total. The first-order valence-corrected chi connectivity index (χ1v) is 11.3. The van der Waals surface area contributed by atoms with Crippen molar-refractivity contribution in [2.45, 2.75) is 26.4 Å². The Morgan fingerprint density at radius 3 is 2.58 bits per heavy atom. The van der Waals surface area contributed by atoms with Gasteiger partial charge in [0.05, 0.1) is 22.6 Å². The fourth-order valence-electron chi connectivity index (χ4n) is 4.90. The molecule has 2 amide bonds. The van der Waals surface area contributed by atoms with Crippen LogP contribution in [0.25, 0.3) is 0 Å². The van der Waals surface area contributed by atoms with Crippen molar-refractivity contribution in [3.63, 3.8) is 0 Å². The molecular formula is C23H27Cl2N3O3. The number of methoxy groups -OCH3 is 1. The molecule has 31 heavy (non-hydrogen) atoms. The number of carbonyl (C=O) groups is 2. The van der Waals surface area contributed by atoms with Crippen LogP contribution < -0.4 is 0 Å². The lowest BCUT2D eigenvalue weighted by atomic mass is 9.86. The number of dihydropyridines is 1. The molecule has 2 atom stereocenters. The molecule has 3 aliphatic rings. The van der Waals surface area contributed by atoms with Gasteiger partial charge >= 0.3 is 0 Å². The minimum atomic E-state index is -0.427. The molecule has 3 aliphatic heterocycles. The van der Waals surface area contributed by atoms with Crippen LogP contribution in [0.3, 0.4) is 0 Å². The zero-order valence-electron chi connectivity index (χ0n) is 18.2. The van der Waals surface area contributed by atoms with E-state index in [1.54, 1.807) is 18.9 Å². The summed E-state index contributed by atoms with van der Waals surface area (Å²) in [5.41, 5.74) is 3.58. The average molecular weight is 464 g/mol. The zero-order chi connectivity index (χ0) is 22.4. The number of allylic oxidation sites excluding steroid dienone is 1. The Balaban J connectivity index is 1.64. The number of carbonyl (C=O) groups excluding carboxylic acids is 2. The largest absolute Gasteiger partial charge is 0.376 e. The third-order valence-electron chi connectivity index (χ3n) is 6.53. The highest BCUT2D eigenvalue weighted by Gasteiger charge is 2.38. The molecule has 8 heteroatoms. The number of nitrogens with zero attached hydrogens (tertiary/aromatic N) is 3. The highest BCUT2D eigenvalue weighted by Crippen LogP contribution is 2.42. The van der Waals surface area contributed by atoms with Crippen molar-refractivity contribution in [2.75, 3.05) is 40.3 Å². The Morgan fingerprint density at radius 2 is 1.97 bits per heavy atom. The van der Waals surface area contributed by atoms with E-state index >= 15 is 0 Å². The van der Waals surface area contributed by atoms with Crippen LogP contribution in [0.1, 0.15) is 41.4 Å². The van der Waals surface area contributed by atoms with Crippen LogP contribution in [0.2, 0.25) is 10.0 Å². The molecule has 0 radical (unpaired) electrons. The van der Waals surface area contributed by atoms with Crippen molar-refractivity contribution in [3.8, 4) is 0 Å². The summed E-state index contributed by atoms with van der Waals surface area (Å²) in [5.74, 6) is -0.529. The van der Waals surface area contributed by atoms with Crippen LogP contribution in [-0.4, -0.2) is 67.7 Å². The smallest absolute Gasteiger partial charge is 0.255 e. The molecule has 4 rings (SSSR count).